The molecule has 0 aliphatic carbocycles. The van der Waals surface area contributed by atoms with E-state index in [0.717, 1.165) is 41.2 Å². The van der Waals surface area contributed by atoms with Crippen LogP contribution in [0.25, 0.3) is 0 Å². The summed E-state index contributed by atoms with van der Waals surface area (Å²) in [6.45, 7) is 3.85. The van der Waals surface area contributed by atoms with Crippen LogP contribution in [-0.4, -0.2) is 58.4 Å². The number of hydrogen-bond acceptors (Lipinski definition) is 9. The molecule has 2 rings (SSSR count). The SMILES string of the molecule is CCOC(=O)CP(=O)(OC)OCC.COC(=O)C=C(CCCc1ccccc1)CSc1ccc(OC)cc1. The Kier molecular flexibility index (Phi) is 17.1. The molecule has 1 atom stereocenters. The fraction of sp³-hybridized carbons (Fsp3) is 0.429. The lowest BCUT2D eigenvalue weighted by Crippen LogP contribution is -2.12. The van der Waals surface area contributed by atoms with Crippen molar-refractivity contribution in [1.82, 2.24) is 0 Å². The van der Waals surface area contributed by atoms with Crippen LogP contribution in [0.15, 0.2) is 71.1 Å². The maximum Gasteiger partial charge on any atom is 0.341 e. The largest absolute Gasteiger partial charge is 0.497 e. The number of esters is 2. The molecule has 210 valence electrons. The van der Waals surface area contributed by atoms with Gasteiger partial charge in [0.15, 0.2) is 0 Å². The monoisotopic (exact) mass is 566 g/mol. The van der Waals surface area contributed by atoms with Gasteiger partial charge in [-0.15, -0.1) is 11.8 Å². The van der Waals surface area contributed by atoms with Crippen LogP contribution in [0, 0.1) is 0 Å². The first-order chi connectivity index (χ1) is 18.3. The lowest BCUT2D eigenvalue weighted by atomic mass is 10.0. The summed E-state index contributed by atoms with van der Waals surface area (Å²) >= 11 is 1.71. The summed E-state index contributed by atoms with van der Waals surface area (Å²) in [6, 6.07) is 18.4. The van der Waals surface area contributed by atoms with Crippen molar-refractivity contribution in [2.24, 2.45) is 0 Å². The standard InChI is InChI=1S/C21H24O3S.C7H15O5P/c1-23-19-11-13-20(14-12-19)25-16-18(15-21(22)24-2)10-6-9-17-7-4-3-5-8-17;1-4-11-7(8)6-13(9,10-3)12-5-2/h3-5,7-8,11-15H,6,9-10,16H2,1-2H3;4-6H2,1-3H3. The van der Waals surface area contributed by atoms with E-state index < -0.39 is 13.6 Å². The average molecular weight is 567 g/mol. The quantitative estimate of drug-likeness (QED) is 0.106. The number of ether oxygens (including phenoxy) is 3. The number of hydrogen-bond donors (Lipinski definition) is 0. The maximum atomic E-state index is 11.6. The predicted octanol–water partition coefficient (Wildman–Crippen LogP) is 6.34. The summed E-state index contributed by atoms with van der Waals surface area (Å²) in [7, 11) is 1.06. The zero-order chi connectivity index (χ0) is 28.2. The normalized spacial score (nSPS) is 12.5. The molecule has 0 saturated carbocycles. The van der Waals surface area contributed by atoms with Crippen molar-refractivity contribution in [3.8, 4) is 5.75 Å². The Labute approximate surface area is 230 Å². The van der Waals surface area contributed by atoms with E-state index in [2.05, 4.69) is 33.5 Å². The van der Waals surface area contributed by atoms with Gasteiger partial charge in [0.1, 0.15) is 11.9 Å². The second-order valence-electron chi connectivity index (χ2n) is 7.80. The van der Waals surface area contributed by atoms with Gasteiger partial charge < -0.3 is 23.3 Å². The molecule has 0 aliphatic rings. The van der Waals surface area contributed by atoms with E-state index in [4.69, 9.17) is 14.0 Å². The van der Waals surface area contributed by atoms with Crippen molar-refractivity contribution in [2.75, 3.05) is 46.5 Å². The Bertz CT molecular complexity index is 1020. The summed E-state index contributed by atoms with van der Waals surface area (Å²) < 4.78 is 35.6. The van der Waals surface area contributed by atoms with E-state index in [1.54, 1.807) is 38.8 Å². The molecule has 0 N–H and O–H groups in total. The van der Waals surface area contributed by atoms with E-state index in [1.807, 2.05) is 30.3 Å². The van der Waals surface area contributed by atoms with Crippen molar-refractivity contribution in [2.45, 2.75) is 38.0 Å². The van der Waals surface area contributed by atoms with E-state index >= 15 is 0 Å². The van der Waals surface area contributed by atoms with E-state index in [9.17, 15) is 14.2 Å². The Balaban J connectivity index is 0.000000471. The van der Waals surface area contributed by atoms with Gasteiger partial charge in [-0.05, 0) is 62.9 Å². The van der Waals surface area contributed by atoms with Gasteiger partial charge in [-0.25, -0.2) is 4.79 Å². The highest BCUT2D eigenvalue weighted by molar-refractivity contribution is 7.99. The molecular weight excluding hydrogens is 527 g/mol. The van der Waals surface area contributed by atoms with Gasteiger partial charge in [0.25, 0.3) is 0 Å². The van der Waals surface area contributed by atoms with Crippen LogP contribution in [0.2, 0.25) is 0 Å². The molecule has 0 spiro atoms. The Morgan fingerprint density at radius 3 is 2.18 bits per heavy atom. The van der Waals surface area contributed by atoms with E-state index in [1.165, 1.54) is 19.8 Å². The van der Waals surface area contributed by atoms with Crippen LogP contribution in [0.1, 0.15) is 32.3 Å². The third-order valence-electron chi connectivity index (χ3n) is 5.05. The van der Waals surface area contributed by atoms with Gasteiger partial charge in [-0.1, -0.05) is 35.9 Å². The molecule has 2 aromatic carbocycles. The number of thioether (sulfide) groups is 1. The highest BCUT2D eigenvalue weighted by Gasteiger charge is 2.27. The van der Waals surface area contributed by atoms with Crippen molar-refractivity contribution < 1.29 is 37.4 Å². The van der Waals surface area contributed by atoms with Gasteiger partial charge in [0.05, 0.1) is 27.4 Å². The topological polar surface area (TPSA) is 97.4 Å². The predicted molar refractivity (Wildman–Crippen MR) is 151 cm³/mol. The van der Waals surface area contributed by atoms with Crippen molar-refractivity contribution in [3.63, 3.8) is 0 Å². The Hall–Kier alpha value is -2.58. The van der Waals surface area contributed by atoms with Crippen molar-refractivity contribution >= 4 is 31.3 Å². The Morgan fingerprint density at radius 1 is 0.947 bits per heavy atom. The van der Waals surface area contributed by atoms with Crippen molar-refractivity contribution in [1.29, 1.82) is 0 Å². The van der Waals surface area contributed by atoms with Gasteiger partial charge >= 0.3 is 19.5 Å². The van der Waals surface area contributed by atoms with Crippen LogP contribution in [-0.2, 0) is 39.1 Å². The molecule has 0 radical (unpaired) electrons. The maximum absolute atomic E-state index is 11.6. The molecular formula is C28H39O8PS. The van der Waals surface area contributed by atoms with Crippen LogP contribution >= 0.6 is 19.4 Å². The fourth-order valence-corrected chi connectivity index (χ4v) is 5.18. The van der Waals surface area contributed by atoms with E-state index in [-0.39, 0.29) is 25.3 Å². The summed E-state index contributed by atoms with van der Waals surface area (Å²) in [4.78, 5) is 23.7. The molecule has 0 saturated heterocycles. The van der Waals surface area contributed by atoms with Gasteiger partial charge in [0.2, 0.25) is 0 Å². The third kappa shape index (κ3) is 14.4. The van der Waals surface area contributed by atoms with Crippen LogP contribution < -0.4 is 4.74 Å². The zero-order valence-electron chi connectivity index (χ0n) is 22.8. The first kappa shape index (κ1) is 33.4. The van der Waals surface area contributed by atoms with Gasteiger partial charge in [-0.3, -0.25) is 9.36 Å². The molecule has 2 aromatic rings. The summed E-state index contributed by atoms with van der Waals surface area (Å²) in [5, 5.41) is 0. The molecule has 10 heteroatoms. The number of carbonyl (C=O) groups is 2. The van der Waals surface area contributed by atoms with Gasteiger partial charge in [-0.2, -0.15) is 0 Å². The number of rotatable bonds is 15. The molecule has 0 amide bonds. The number of aryl methyl sites for hydroxylation is 1. The zero-order valence-corrected chi connectivity index (χ0v) is 24.6. The lowest BCUT2D eigenvalue weighted by Gasteiger charge is -2.13. The molecule has 1 unspecified atom stereocenters. The van der Waals surface area contributed by atoms with Crippen LogP contribution in [0.3, 0.4) is 0 Å². The first-order valence-electron chi connectivity index (χ1n) is 12.3. The lowest BCUT2D eigenvalue weighted by molar-refractivity contribution is -0.140. The molecule has 0 aliphatic heterocycles. The average Bonchev–Trinajstić information content (AvgIpc) is 2.93. The fourth-order valence-electron chi connectivity index (χ4n) is 3.15. The van der Waals surface area contributed by atoms with Crippen LogP contribution in [0.5, 0.6) is 5.75 Å². The number of carbonyl (C=O) groups excluding carboxylic acids is 2. The number of benzene rings is 2. The molecule has 0 fully saturated rings. The molecule has 0 heterocycles. The summed E-state index contributed by atoms with van der Waals surface area (Å²) in [5.41, 5.74) is 2.42. The number of methoxy groups -OCH3 is 2. The second-order valence-corrected chi connectivity index (χ2v) is 11.0. The van der Waals surface area contributed by atoms with Crippen molar-refractivity contribution in [3.05, 3.63) is 71.8 Å². The summed E-state index contributed by atoms with van der Waals surface area (Å²) in [6.07, 6.45) is 4.20. The van der Waals surface area contributed by atoms with E-state index in [0.29, 0.717) is 0 Å². The molecule has 0 bridgehead atoms. The molecule has 38 heavy (non-hydrogen) atoms. The minimum Gasteiger partial charge on any atom is -0.497 e. The second kappa shape index (κ2) is 19.5. The minimum absolute atomic E-state index is 0.241. The third-order valence-corrected chi connectivity index (χ3v) is 8.02. The van der Waals surface area contributed by atoms with Crippen LogP contribution in [0.4, 0.5) is 0 Å². The minimum atomic E-state index is -3.26. The molecule has 8 nitrogen and oxygen atoms in total. The molecule has 0 aromatic heterocycles. The highest BCUT2D eigenvalue weighted by atomic mass is 32.2. The smallest absolute Gasteiger partial charge is 0.341 e. The highest BCUT2D eigenvalue weighted by Crippen LogP contribution is 2.46. The summed E-state index contributed by atoms with van der Waals surface area (Å²) in [5.74, 6) is 0.764. The first-order valence-corrected chi connectivity index (χ1v) is 15.0. The van der Waals surface area contributed by atoms with Gasteiger partial charge in [0, 0.05) is 23.8 Å². The Morgan fingerprint density at radius 2 is 1.63 bits per heavy atom.